The summed E-state index contributed by atoms with van der Waals surface area (Å²) in [7, 11) is 0. The molecule has 1 heteroatoms. The fourth-order valence-corrected chi connectivity index (χ4v) is 2.34. The van der Waals surface area contributed by atoms with Crippen LogP contribution in [0.15, 0.2) is 30.3 Å². The molecule has 1 aliphatic rings. The molecule has 0 aromatic heterocycles. The van der Waals surface area contributed by atoms with Crippen molar-refractivity contribution in [3.05, 3.63) is 47.3 Å². The van der Waals surface area contributed by atoms with Gasteiger partial charge >= 0.3 is 0 Å². The van der Waals surface area contributed by atoms with E-state index in [0.717, 1.165) is 23.8 Å². The van der Waals surface area contributed by atoms with E-state index in [4.69, 9.17) is 0 Å². The maximum Gasteiger partial charge on any atom is 0.127 e. The van der Waals surface area contributed by atoms with Gasteiger partial charge in [-0.25, -0.2) is 4.39 Å². The molecule has 0 amide bonds. The lowest BCUT2D eigenvalue weighted by Gasteiger charge is -2.09. The normalized spacial score (nSPS) is 15.9. The number of hydrogen-bond acceptors (Lipinski definition) is 0. The van der Waals surface area contributed by atoms with Gasteiger partial charge in [0, 0.05) is 0 Å². The fourth-order valence-electron chi connectivity index (χ4n) is 2.34. The van der Waals surface area contributed by atoms with Crippen LogP contribution in [-0.2, 0) is 0 Å². The molecule has 3 rings (SSSR count). The second kappa shape index (κ2) is 3.06. The van der Waals surface area contributed by atoms with Gasteiger partial charge in [-0.1, -0.05) is 24.3 Å². The molecule has 76 valence electrons. The Morgan fingerprint density at radius 1 is 1.13 bits per heavy atom. The molecule has 2 aromatic carbocycles. The van der Waals surface area contributed by atoms with Gasteiger partial charge in [-0.05, 0) is 53.6 Å². The highest BCUT2D eigenvalue weighted by molar-refractivity contribution is 5.89. The Balaban J connectivity index is 2.42. The average molecular weight is 200 g/mol. The largest absolute Gasteiger partial charge is 0.207 e. The molecule has 0 radical (unpaired) electrons. The van der Waals surface area contributed by atoms with Crippen LogP contribution in [0.4, 0.5) is 4.39 Å². The van der Waals surface area contributed by atoms with E-state index >= 15 is 0 Å². The molecule has 1 saturated carbocycles. The van der Waals surface area contributed by atoms with Crippen LogP contribution < -0.4 is 0 Å². The Morgan fingerprint density at radius 2 is 1.93 bits per heavy atom. The Labute approximate surface area is 88.7 Å². The van der Waals surface area contributed by atoms with Gasteiger partial charge in [0.15, 0.2) is 0 Å². The van der Waals surface area contributed by atoms with Crippen molar-refractivity contribution in [3.63, 3.8) is 0 Å². The summed E-state index contributed by atoms with van der Waals surface area (Å²) >= 11 is 0. The number of benzene rings is 2. The molecule has 0 nitrogen and oxygen atoms in total. The van der Waals surface area contributed by atoms with Gasteiger partial charge in [-0.3, -0.25) is 0 Å². The first kappa shape index (κ1) is 8.90. The summed E-state index contributed by atoms with van der Waals surface area (Å²) in [5, 5.41) is 2.30. The van der Waals surface area contributed by atoms with Crippen molar-refractivity contribution in [1.82, 2.24) is 0 Å². The topological polar surface area (TPSA) is 0 Å². The van der Waals surface area contributed by atoms with E-state index in [1.165, 1.54) is 10.9 Å². The number of fused-ring (bicyclic) bond motifs is 1. The Morgan fingerprint density at radius 3 is 2.67 bits per heavy atom. The van der Waals surface area contributed by atoms with Crippen molar-refractivity contribution in [1.29, 1.82) is 0 Å². The van der Waals surface area contributed by atoms with Gasteiger partial charge in [0.05, 0.1) is 0 Å². The SMILES string of the molecule is Cc1cccc2ccc(F)c(C3CC3)c12. The van der Waals surface area contributed by atoms with Crippen LogP contribution >= 0.6 is 0 Å². The molecular formula is C14H13F. The molecule has 0 unspecified atom stereocenters. The van der Waals surface area contributed by atoms with Crippen LogP contribution in [0.2, 0.25) is 0 Å². The summed E-state index contributed by atoms with van der Waals surface area (Å²) in [5.41, 5.74) is 2.14. The van der Waals surface area contributed by atoms with Gasteiger partial charge < -0.3 is 0 Å². The third kappa shape index (κ3) is 1.34. The monoisotopic (exact) mass is 200 g/mol. The number of halogens is 1. The van der Waals surface area contributed by atoms with E-state index in [0.29, 0.717) is 5.92 Å². The maximum atomic E-state index is 13.8. The van der Waals surface area contributed by atoms with E-state index in [-0.39, 0.29) is 5.82 Å². The van der Waals surface area contributed by atoms with E-state index in [1.807, 2.05) is 12.1 Å². The quantitative estimate of drug-likeness (QED) is 0.648. The second-order valence-electron chi connectivity index (χ2n) is 4.41. The summed E-state index contributed by atoms with van der Waals surface area (Å²) in [6.07, 6.45) is 2.29. The zero-order valence-electron chi connectivity index (χ0n) is 8.76. The van der Waals surface area contributed by atoms with Gasteiger partial charge in [-0.15, -0.1) is 0 Å². The maximum absolute atomic E-state index is 13.8. The second-order valence-corrected chi connectivity index (χ2v) is 4.41. The molecule has 0 bridgehead atoms. The van der Waals surface area contributed by atoms with Gasteiger partial charge in [0.25, 0.3) is 0 Å². The molecule has 0 aliphatic heterocycles. The lowest BCUT2D eigenvalue weighted by molar-refractivity contribution is 0.613. The van der Waals surface area contributed by atoms with Crippen molar-refractivity contribution < 1.29 is 4.39 Å². The summed E-state index contributed by atoms with van der Waals surface area (Å²) in [6.45, 7) is 2.06. The average Bonchev–Trinajstić information content (AvgIpc) is 3.03. The summed E-state index contributed by atoms with van der Waals surface area (Å²) in [5.74, 6) is 0.439. The summed E-state index contributed by atoms with van der Waals surface area (Å²) in [4.78, 5) is 0. The lowest BCUT2D eigenvalue weighted by Crippen LogP contribution is -1.91. The molecule has 0 atom stereocenters. The molecule has 15 heavy (non-hydrogen) atoms. The minimum atomic E-state index is -0.0284. The summed E-state index contributed by atoms with van der Waals surface area (Å²) in [6, 6.07) is 9.65. The number of hydrogen-bond donors (Lipinski definition) is 0. The highest BCUT2D eigenvalue weighted by atomic mass is 19.1. The molecule has 2 aromatic rings. The first-order chi connectivity index (χ1) is 7.27. The molecule has 0 saturated heterocycles. The third-order valence-electron chi connectivity index (χ3n) is 3.23. The van der Waals surface area contributed by atoms with E-state index in [1.54, 1.807) is 6.07 Å². The lowest BCUT2D eigenvalue weighted by atomic mass is 9.97. The Bertz CT molecular complexity index is 524. The van der Waals surface area contributed by atoms with Crippen LogP contribution in [-0.4, -0.2) is 0 Å². The molecular weight excluding hydrogens is 187 g/mol. The standard InChI is InChI=1S/C14H13F/c1-9-3-2-4-10-7-8-12(15)14(13(9)10)11-5-6-11/h2-4,7-8,11H,5-6H2,1H3. The van der Waals surface area contributed by atoms with Gasteiger partial charge in [0.2, 0.25) is 0 Å². The van der Waals surface area contributed by atoms with E-state index in [9.17, 15) is 4.39 Å². The van der Waals surface area contributed by atoms with E-state index < -0.39 is 0 Å². The molecule has 0 spiro atoms. The van der Waals surface area contributed by atoms with Crippen LogP contribution in [0.5, 0.6) is 0 Å². The fraction of sp³-hybridized carbons (Fsp3) is 0.286. The molecule has 1 aliphatic carbocycles. The van der Waals surface area contributed by atoms with Gasteiger partial charge in [-0.2, -0.15) is 0 Å². The first-order valence-corrected chi connectivity index (χ1v) is 5.45. The van der Waals surface area contributed by atoms with Crippen LogP contribution in [0.1, 0.15) is 29.9 Å². The van der Waals surface area contributed by atoms with E-state index in [2.05, 4.69) is 19.1 Å². The first-order valence-electron chi connectivity index (χ1n) is 5.45. The van der Waals surface area contributed by atoms with Crippen molar-refractivity contribution in [3.8, 4) is 0 Å². The minimum Gasteiger partial charge on any atom is -0.207 e. The smallest absolute Gasteiger partial charge is 0.127 e. The third-order valence-corrected chi connectivity index (χ3v) is 3.23. The predicted octanol–water partition coefficient (Wildman–Crippen LogP) is 4.16. The molecule has 0 N–H and O–H groups in total. The highest BCUT2D eigenvalue weighted by Crippen LogP contribution is 2.45. The van der Waals surface area contributed by atoms with Crippen molar-refractivity contribution in [2.24, 2.45) is 0 Å². The zero-order chi connectivity index (χ0) is 10.4. The summed E-state index contributed by atoms with van der Waals surface area (Å²) < 4.78 is 13.8. The van der Waals surface area contributed by atoms with Crippen LogP contribution in [0.3, 0.4) is 0 Å². The minimum absolute atomic E-state index is 0.0284. The van der Waals surface area contributed by atoms with Gasteiger partial charge in [0.1, 0.15) is 5.82 Å². The van der Waals surface area contributed by atoms with Crippen molar-refractivity contribution in [2.75, 3.05) is 0 Å². The van der Waals surface area contributed by atoms with Crippen LogP contribution in [0, 0.1) is 12.7 Å². The number of aryl methyl sites for hydroxylation is 1. The zero-order valence-corrected chi connectivity index (χ0v) is 8.76. The molecule has 1 fully saturated rings. The highest BCUT2D eigenvalue weighted by Gasteiger charge is 2.28. The van der Waals surface area contributed by atoms with Crippen molar-refractivity contribution in [2.45, 2.75) is 25.7 Å². The Hall–Kier alpha value is -1.37. The predicted molar refractivity (Wildman–Crippen MR) is 60.6 cm³/mol. The van der Waals surface area contributed by atoms with Crippen LogP contribution in [0.25, 0.3) is 10.8 Å². The Kier molecular flexibility index (Phi) is 1.82. The van der Waals surface area contributed by atoms with Crippen molar-refractivity contribution >= 4 is 10.8 Å². The molecule has 0 heterocycles. The number of rotatable bonds is 1.